The molecular formula is C46H62ClN7O9S. The normalized spacial score (nSPS) is 26.9. The molecule has 8 rings (SSSR count). The molecule has 0 spiro atoms. The van der Waals surface area contributed by atoms with E-state index in [0.717, 1.165) is 31.1 Å². The van der Waals surface area contributed by atoms with Gasteiger partial charge in [0.1, 0.15) is 58.7 Å². The lowest BCUT2D eigenvalue weighted by Crippen LogP contribution is -2.59. The molecule has 2 saturated heterocycles. The number of hydrogen-bond donors (Lipinski definition) is 3. The first-order valence-electron chi connectivity index (χ1n) is 22.7. The standard InChI is InChI=1S/C46H62ClN7O9S/c1-8-28-22-46(28,42(57)59-7)52-40(55)34-20-30(23-54(34)41(56)39(45(4,5)6)51-44(58)63-29-18-26-17-27(26)19-29)62-36-21-32(33-24-64-43(50-33)48-25(2)3)49-38-31(36)9-10-35(37(38)47)61-16-13-53-11-14-60-15-12-53/h9-10,21,24-30,34,39H,8,11-20,22-23H2,1-7H3,(H,48,50)(H,51,58)(H,52,55)/t26-,27+,28-,29?,30-,34+,39-,46-/m1/s1. The molecule has 3 amide bonds. The molecule has 4 heterocycles. The topological polar surface area (TPSA) is 183 Å². The number of ether oxygens (including phenoxy) is 5. The Bertz CT molecular complexity index is 2220. The van der Waals surface area contributed by atoms with Crippen molar-refractivity contribution in [2.75, 3.05) is 58.4 Å². The van der Waals surface area contributed by atoms with Crippen LogP contribution in [0.5, 0.6) is 11.5 Å². The fourth-order valence-electron chi connectivity index (χ4n) is 9.55. The minimum atomic E-state index is -1.19. The molecular weight excluding hydrogens is 862 g/mol. The van der Waals surface area contributed by atoms with Crippen molar-refractivity contribution in [1.82, 2.24) is 30.4 Å². The molecule has 348 valence electrons. The number of nitrogens with one attached hydrogen (secondary N) is 3. The largest absolute Gasteiger partial charge is 0.491 e. The maximum atomic E-state index is 14.9. The molecule has 5 fully saturated rings. The van der Waals surface area contributed by atoms with Gasteiger partial charge in [0, 0.05) is 48.9 Å². The number of morpholine rings is 1. The number of carbonyl (C=O) groups excluding carboxylic acids is 4. The van der Waals surface area contributed by atoms with Gasteiger partial charge in [-0.3, -0.25) is 14.5 Å². The van der Waals surface area contributed by atoms with Crippen LogP contribution in [0.1, 0.15) is 80.1 Å². The number of nitrogens with zero attached hydrogens (tertiary/aromatic N) is 4. The number of pyridine rings is 1. The summed E-state index contributed by atoms with van der Waals surface area (Å²) >= 11 is 8.58. The molecule has 0 bridgehead atoms. The van der Waals surface area contributed by atoms with E-state index in [1.54, 1.807) is 12.1 Å². The van der Waals surface area contributed by atoms with E-state index in [2.05, 4.69) is 20.9 Å². The maximum Gasteiger partial charge on any atom is 0.408 e. The fraction of sp³-hybridized carbons (Fsp3) is 0.652. The highest BCUT2D eigenvalue weighted by molar-refractivity contribution is 7.14. The smallest absolute Gasteiger partial charge is 0.408 e. The fourth-order valence-corrected chi connectivity index (χ4v) is 10.7. The third kappa shape index (κ3) is 10.0. The van der Waals surface area contributed by atoms with Gasteiger partial charge in [-0.1, -0.05) is 45.7 Å². The molecule has 3 saturated carbocycles. The molecule has 2 aliphatic heterocycles. The second-order valence-electron chi connectivity index (χ2n) is 19.4. The molecule has 3 N–H and O–H groups in total. The molecule has 3 aromatic rings. The van der Waals surface area contributed by atoms with Gasteiger partial charge in [0.2, 0.25) is 11.8 Å². The lowest BCUT2D eigenvalue weighted by molar-refractivity contribution is -0.148. The van der Waals surface area contributed by atoms with Gasteiger partial charge in [0.15, 0.2) is 5.13 Å². The summed E-state index contributed by atoms with van der Waals surface area (Å²) in [5.41, 5.74) is -0.389. The van der Waals surface area contributed by atoms with Crippen molar-refractivity contribution in [3.63, 3.8) is 0 Å². The molecule has 64 heavy (non-hydrogen) atoms. The number of aromatic nitrogens is 2. The zero-order chi connectivity index (χ0) is 45.5. The number of benzene rings is 1. The molecule has 16 nitrogen and oxygen atoms in total. The van der Waals surface area contributed by atoms with Crippen LogP contribution in [0.15, 0.2) is 23.6 Å². The van der Waals surface area contributed by atoms with Crippen LogP contribution in [-0.4, -0.2) is 133 Å². The second-order valence-corrected chi connectivity index (χ2v) is 20.6. The predicted molar refractivity (Wildman–Crippen MR) is 243 cm³/mol. The van der Waals surface area contributed by atoms with E-state index in [1.165, 1.54) is 29.8 Å². The average molecular weight is 925 g/mol. The van der Waals surface area contributed by atoms with Gasteiger partial charge in [-0.05, 0) is 74.8 Å². The first kappa shape index (κ1) is 46.1. The number of alkyl carbamates (subject to hydrolysis) is 1. The van der Waals surface area contributed by atoms with E-state index in [0.29, 0.717) is 89.9 Å². The van der Waals surface area contributed by atoms with E-state index in [4.69, 9.17) is 45.3 Å². The van der Waals surface area contributed by atoms with Gasteiger partial charge >= 0.3 is 12.1 Å². The Hall–Kier alpha value is -4.45. The number of likely N-dealkylation sites (tertiary alicyclic amines) is 1. The van der Waals surface area contributed by atoms with Crippen molar-refractivity contribution in [2.24, 2.45) is 23.2 Å². The Morgan fingerprint density at radius 3 is 2.44 bits per heavy atom. The molecule has 8 atom stereocenters. The Morgan fingerprint density at radius 1 is 1.02 bits per heavy atom. The molecule has 0 radical (unpaired) electrons. The highest BCUT2D eigenvalue weighted by atomic mass is 35.5. The summed E-state index contributed by atoms with van der Waals surface area (Å²) < 4.78 is 29.6. The summed E-state index contributed by atoms with van der Waals surface area (Å²) in [5.74, 6) is 0.517. The van der Waals surface area contributed by atoms with E-state index < -0.39 is 53.0 Å². The minimum Gasteiger partial charge on any atom is -0.491 e. The lowest BCUT2D eigenvalue weighted by Gasteiger charge is -2.35. The van der Waals surface area contributed by atoms with Crippen LogP contribution in [0.3, 0.4) is 0 Å². The summed E-state index contributed by atoms with van der Waals surface area (Å²) in [6.07, 6.45) is 2.47. The van der Waals surface area contributed by atoms with E-state index in [9.17, 15) is 19.2 Å². The highest BCUT2D eigenvalue weighted by Gasteiger charge is 2.62. The quantitative estimate of drug-likeness (QED) is 0.137. The van der Waals surface area contributed by atoms with Gasteiger partial charge in [-0.2, -0.15) is 0 Å². The Morgan fingerprint density at radius 2 is 1.77 bits per heavy atom. The number of rotatable bonds is 16. The number of esters is 1. The van der Waals surface area contributed by atoms with Crippen molar-refractivity contribution < 1.29 is 42.9 Å². The molecule has 5 aliphatic rings. The van der Waals surface area contributed by atoms with Gasteiger partial charge < -0.3 is 44.5 Å². The van der Waals surface area contributed by atoms with Crippen LogP contribution < -0.4 is 25.4 Å². The number of amides is 3. The van der Waals surface area contributed by atoms with Gasteiger partial charge in [0.25, 0.3) is 0 Å². The number of anilines is 1. The number of carbonyl (C=O) groups is 4. The molecule has 1 aromatic carbocycles. The number of halogens is 1. The first-order chi connectivity index (χ1) is 30.6. The molecule has 18 heteroatoms. The number of hydrogen-bond acceptors (Lipinski definition) is 14. The summed E-state index contributed by atoms with van der Waals surface area (Å²) in [6, 6.07) is 3.52. The van der Waals surface area contributed by atoms with Gasteiger partial charge in [-0.15, -0.1) is 11.3 Å². The van der Waals surface area contributed by atoms with Crippen molar-refractivity contribution in [3.8, 4) is 22.9 Å². The van der Waals surface area contributed by atoms with Crippen molar-refractivity contribution in [1.29, 1.82) is 0 Å². The van der Waals surface area contributed by atoms with Crippen molar-refractivity contribution in [2.45, 2.75) is 116 Å². The summed E-state index contributed by atoms with van der Waals surface area (Å²) in [6.45, 7) is 15.8. The van der Waals surface area contributed by atoms with E-state index in [1.807, 2.05) is 53.0 Å². The third-order valence-electron chi connectivity index (χ3n) is 13.3. The Balaban J connectivity index is 1.09. The van der Waals surface area contributed by atoms with Crippen LogP contribution in [0, 0.1) is 23.2 Å². The second kappa shape index (κ2) is 18.8. The number of fused-ring (bicyclic) bond motifs is 2. The Kier molecular flexibility index (Phi) is 13.5. The van der Waals surface area contributed by atoms with Crippen LogP contribution in [0.4, 0.5) is 9.93 Å². The summed E-state index contributed by atoms with van der Waals surface area (Å²) in [4.78, 5) is 69.5. The van der Waals surface area contributed by atoms with Crippen LogP contribution >= 0.6 is 22.9 Å². The summed E-state index contributed by atoms with van der Waals surface area (Å²) in [7, 11) is 1.30. The minimum absolute atomic E-state index is 0.00339. The van der Waals surface area contributed by atoms with Gasteiger partial charge in [0.05, 0.1) is 38.1 Å². The van der Waals surface area contributed by atoms with Crippen LogP contribution in [0.2, 0.25) is 5.02 Å². The predicted octanol–water partition coefficient (Wildman–Crippen LogP) is 6.29. The van der Waals surface area contributed by atoms with Gasteiger partial charge in [-0.25, -0.2) is 19.6 Å². The lowest BCUT2D eigenvalue weighted by atomic mass is 9.85. The highest BCUT2D eigenvalue weighted by Crippen LogP contribution is 2.52. The third-order valence-corrected chi connectivity index (χ3v) is 14.4. The zero-order valence-corrected chi connectivity index (χ0v) is 39.4. The summed E-state index contributed by atoms with van der Waals surface area (Å²) in [5, 5.41) is 12.8. The SMILES string of the molecule is CC[C@@H]1C[C@]1(NC(=O)[C@@H]1C[C@@H](Oc2cc(-c3csc(NC(C)C)n3)nc3c(Cl)c(OCCN4CCOCC4)ccc23)CN1C(=O)[C@@H](NC(=O)OC1C[C@@H]2C[C@@H]2C1)C(C)(C)C)C(=O)OC. The van der Waals surface area contributed by atoms with Crippen molar-refractivity contribution in [3.05, 3.63) is 28.6 Å². The maximum absolute atomic E-state index is 14.9. The average Bonchev–Trinajstić information content (AvgIpc) is 3.92. The van der Waals surface area contributed by atoms with Crippen LogP contribution in [0.25, 0.3) is 22.3 Å². The van der Waals surface area contributed by atoms with E-state index in [-0.39, 0.29) is 31.0 Å². The zero-order valence-electron chi connectivity index (χ0n) is 37.9. The first-order valence-corrected chi connectivity index (χ1v) is 24.0. The van der Waals surface area contributed by atoms with Crippen LogP contribution in [-0.2, 0) is 28.6 Å². The number of methoxy groups -OCH3 is 1. The number of thiazole rings is 1. The molecule has 3 aliphatic carbocycles. The molecule has 2 aromatic heterocycles. The van der Waals surface area contributed by atoms with Crippen molar-refractivity contribution >= 4 is 62.8 Å². The monoisotopic (exact) mass is 923 g/mol. The Labute approximate surface area is 383 Å². The van der Waals surface area contributed by atoms with E-state index >= 15 is 0 Å². The molecule has 1 unspecified atom stereocenters.